The molecule has 3 aromatic heterocycles. The molecule has 0 radical (unpaired) electrons. The van der Waals surface area contributed by atoms with Gasteiger partial charge in [0.25, 0.3) is 11.8 Å². The Morgan fingerprint density at radius 3 is 2.33 bits per heavy atom. The number of nitrogens with one attached hydrogen (secondary N) is 2. The second-order valence-corrected chi connectivity index (χ2v) is 11.5. The molecule has 2 amide bonds. The highest BCUT2D eigenvalue weighted by atomic mass is 19.4. The Morgan fingerprint density at radius 2 is 1.70 bits per heavy atom. The van der Waals surface area contributed by atoms with Crippen LogP contribution in [-0.4, -0.2) is 49.4 Å². The van der Waals surface area contributed by atoms with Crippen LogP contribution < -0.4 is 15.4 Å². The number of carbonyl (C=O) groups is 2. The van der Waals surface area contributed by atoms with Gasteiger partial charge in [0.05, 0.1) is 23.8 Å². The summed E-state index contributed by atoms with van der Waals surface area (Å²) < 4.78 is 57.9. The summed E-state index contributed by atoms with van der Waals surface area (Å²) in [4.78, 5) is 37.4. The minimum atomic E-state index is -4.62. The topological polar surface area (TPSA) is 146 Å². The van der Waals surface area contributed by atoms with Crippen LogP contribution in [-0.2, 0) is 10.9 Å². The van der Waals surface area contributed by atoms with E-state index in [2.05, 4.69) is 30.7 Å². The summed E-state index contributed by atoms with van der Waals surface area (Å²) in [5, 5.41) is 9.29. The van der Waals surface area contributed by atoms with Gasteiger partial charge in [0.1, 0.15) is 17.0 Å². The number of anilines is 2. The Hall–Kier alpha value is -5.47. The van der Waals surface area contributed by atoms with Crippen molar-refractivity contribution < 1.29 is 36.8 Å². The third-order valence-electron chi connectivity index (χ3n) is 6.48. The van der Waals surface area contributed by atoms with E-state index < -0.39 is 35.6 Å². The highest BCUT2D eigenvalue weighted by Gasteiger charge is 2.38. The Labute approximate surface area is 260 Å². The fourth-order valence-corrected chi connectivity index (χ4v) is 4.55. The lowest BCUT2D eigenvalue weighted by Gasteiger charge is -2.20. The molecule has 0 fully saturated rings. The molecule has 0 aliphatic rings. The number of imidazole rings is 1. The van der Waals surface area contributed by atoms with E-state index in [4.69, 9.17) is 14.0 Å². The largest absolute Gasteiger partial charge is 0.494 e. The minimum Gasteiger partial charge on any atom is -0.494 e. The predicted molar refractivity (Wildman–Crippen MR) is 162 cm³/mol. The Kier molecular flexibility index (Phi) is 8.43. The summed E-state index contributed by atoms with van der Waals surface area (Å²) >= 11 is 0. The number of benzene rings is 2. The number of halogens is 3. The number of ether oxygens (including phenoxy) is 2. The van der Waals surface area contributed by atoms with Crippen molar-refractivity contribution in [1.82, 2.24) is 24.7 Å². The van der Waals surface area contributed by atoms with E-state index >= 15 is 0 Å². The minimum absolute atomic E-state index is 0.0723. The van der Waals surface area contributed by atoms with Crippen molar-refractivity contribution >= 4 is 34.4 Å². The first-order valence-corrected chi connectivity index (χ1v) is 14.0. The summed E-state index contributed by atoms with van der Waals surface area (Å²) in [6.07, 6.45) is -3.87. The number of rotatable bonds is 7. The first kappa shape index (κ1) is 31.9. The van der Waals surface area contributed by atoms with E-state index in [1.54, 1.807) is 58.9 Å². The molecule has 0 atom stereocenters. The van der Waals surface area contributed by atoms with Crippen molar-refractivity contribution in [2.24, 2.45) is 0 Å². The normalized spacial score (nSPS) is 12.0. The number of hydrogen-bond donors (Lipinski definition) is 2. The summed E-state index contributed by atoms with van der Waals surface area (Å²) in [6, 6.07) is 11.8. The van der Waals surface area contributed by atoms with Crippen molar-refractivity contribution in [2.45, 2.75) is 52.4 Å². The number of nitrogens with zero attached hydrogens (tertiary/aromatic N) is 5. The zero-order chi connectivity index (χ0) is 33.4. The van der Waals surface area contributed by atoms with E-state index in [0.717, 1.165) is 4.57 Å². The lowest BCUT2D eigenvalue weighted by molar-refractivity contribution is -0.147. The Balaban J connectivity index is 1.30. The van der Waals surface area contributed by atoms with Crippen LogP contribution in [0.5, 0.6) is 5.75 Å². The summed E-state index contributed by atoms with van der Waals surface area (Å²) in [5.41, 5.74) is 1.45. The number of fused-ring (bicyclic) bond motifs is 1. The molecule has 0 spiro atoms. The van der Waals surface area contributed by atoms with E-state index in [0.29, 0.717) is 33.8 Å². The standard InChI is InChI=1S/C31H30F3N7O5/c1-16(2)41-23-12-8-17(13-22(23)38-28(41)31(32,33)34)27-39-25(40-46-27)18-7-10-21(35-15-18)26(42)37-20-11-9-19(14-24(20)44-6)36-29(43)45-30(3,4)5/h7-16H,1-6H3,(H,36,43)(H,37,42). The van der Waals surface area contributed by atoms with Crippen LogP contribution in [0.4, 0.5) is 29.3 Å². The molecule has 12 nitrogen and oxygen atoms in total. The Morgan fingerprint density at radius 1 is 0.957 bits per heavy atom. The fourth-order valence-electron chi connectivity index (χ4n) is 4.55. The zero-order valence-corrected chi connectivity index (χ0v) is 25.7. The highest BCUT2D eigenvalue weighted by Crippen LogP contribution is 2.35. The SMILES string of the molecule is COc1cc(NC(=O)OC(C)(C)C)ccc1NC(=O)c1ccc(-c2noc(-c3ccc4c(c3)nc(C(F)(F)F)n4C(C)C)n2)cn1. The van der Waals surface area contributed by atoms with Crippen LogP contribution in [0.2, 0.25) is 0 Å². The third kappa shape index (κ3) is 6.92. The molecule has 0 aliphatic heterocycles. The highest BCUT2D eigenvalue weighted by molar-refractivity contribution is 6.04. The average Bonchev–Trinajstić information content (AvgIpc) is 3.62. The maximum Gasteiger partial charge on any atom is 0.449 e. The number of pyridine rings is 1. The lowest BCUT2D eigenvalue weighted by atomic mass is 10.2. The molecule has 15 heteroatoms. The zero-order valence-electron chi connectivity index (χ0n) is 25.7. The van der Waals surface area contributed by atoms with Gasteiger partial charge in [0.2, 0.25) is 11.6 Å². The van der Waals surface area contributed by atoms with Crippen molar-refractivity contribution in [1.29, 1.82) is 0 Å². The van der Waals surface area contributed by atoms with Crippen LogP contribution in [0.25, 0.3) is 33.9 Å². The molecule has 0 bridgehead atoms. The van der Waals surface area contributed by atoms with Gasteiger partial charge in [-0.05, 0) is 77.1 Å². The molecule has 0 saturated heterocycles. The molecule has 2 aromatic carbocycles. The first-order chi connectivity index (χ1) is 21.6. The quantitative estimate of drug-likeness (QED) is 0.187. The van der Waals surface area contributed by atoms with Crippen molar-refractivity contribution in [2.75, 3.05) is 17.7 Å². The van der Waals surface area contributed by atoms with Crippen molar-refractivity contribution in [3.63, 3.8) is 0 Å². The molecular formula is C31H30F3N7O5. The van der Waals surface area contributed by atoms with Gasteiger partial charge in [0, 0.05) is 35.1 Å². The van der Waals surface area contributed by atoms with Gasteiger partial charge < -0.3 is 23.9 Å². The van der Waals surface area contributed by atoms with E-state index in [-0.39, 0.29) is 22.9 Å². The summed E-state index contributed by atoms with van der Waals surface area (Å²) in [5.74, 6) is -0.988. The number of carbonyl (C=O) groups excluding carboxylic acids is 2. The smallest absolute Gasteiger partial charge is 0.449 e. The number of hydrogen-bond acceptors (Lipinski definition) is 9. The van der Waals surface area contributed by atoms with Crippen molar-refractivity contribution in [3.05, 3.63) is 66.2 Å². The molecule has 2 N–H and O–H groups in total. The molecule has 5 rings (SSSR count). The van der Waals surface area contributed by atoms with Gasteiger partial charge >= 0.3 is 12.3 Å². The maximum absolute atomic E-state index is 13.6. The summed E-state index contributed by atoms with van der Waals surface area (Å²) in [6.45, 7) is 8.55. The van der Waals surface area contributed by atoms with Crippen LogP contribution >= 0.6 is 0 Å². The molecular weight excluding hydrogens is 607 g/mol. The Bertz CT molecular complexity index is 1910. The second kappa shape index (κ2) is 12.1. The average molecular weight is 638 g/mol. The van der Waals surface area contributed by atoms with Crippen LogP contribution in [0.1, 0.15) is 57.0 Å². The number of amides is 2. The molecule has 3 heterocycles. The molecule has 0 aliphatic carbocycles. The maximum atomic E-state index is 13.6. The fraction of sp³-hybridized carbons (Fsp3) is 0.290. The van der Waals surface area contributed by atoms with Gasteiger partial charge in [-0.1, -0.05) is 5.16 Å². The predicted octanol–water partition coefficient (Wildman–Crippen LogP) is 7.36. The van der Waals surface area contributed by atoms with Gasteiger partial charge in [-0.3, -0.25) is 15.1 Å². The number of alkyl halides is 3. The van der Waals surface area contributed by atoms with E-state index in [1.807, 2.05) is 0 Å². The van der Waals surface area contributed by atoms with Crippen LogP contribution in [0.15, 0.2) is 59.3 Å². The van der Waals surface area contributed by atoms with Crippen LogP contribution in [0.3, 0.4) is 0 Å². The van der Waals surface area contributed by atoms with Gasteiger partial charge in [0.15, 0.2) is 0 Å². The first-order valence-electron chi connectivity index (χ1n) is 14.0. The van der Waals surface area contributed by atoms with Crippen molar-refractivity contribution in [3.8, 4) is 28.6 Å². The van der Waals surface area contributed by atoms with E-state index in [9.17, 15) is 22.8 Å². The molecule has 0 saturated carbocycles. The van der Waals surface area contributed by atoms with Gasteiger partial charge in [-0.25, -0.2) is 9.78 Å². The number of aromatic nitrogens is 5. The monoisotopic (exact) mass is 637 g/mol. The molecule has 5 aromatic rings. The second-order valence-electron chi connectivity index (χ2n) is 11.5. The molecule has 0 unspecified atom stereocenters. The molecule has 240 valence electrons. The van der Waals surface area contributed by atoms with Crippen LogP contribution in [0, 0.1) is 0 Å². The van der Waals surface area contributed by atoms with Gasteiger partial charge in [-0.2, -0.15) is 18.2 Å². The van der Waals surface area contributed by atoms with E-state index in [1.165, 1.54) is 37.6 Å². The summed E-state index contributed by atoms with van der Waals surface area (Å²) in [7, 11) is 1.42. The third-order valence-corrected chi connectivity index (χ3v) is 6.48. The number of methoxy groups -OCH3 is 1. The lowest BCUT2D eigenvalue weighted by Crippen LogP contribution is -2.27. The molecule has 46 heavy (non-hydrogen) atoms. The van der Waals surface area contributed by atoms with Gasteiger partial charge in [-0.15, -0.1) is 0 Å².